The lowest BCUT2D eigenvalue weighted by molar-refractivity contribution is 0.0980. The lowest BCUT2D eigenvalue weighted by Gasteiger charge is -2.40. The van der Waals surface area contributed by atoms with Crippen molar-refractivity contribution in [1.82, 2.24) is 4.90 Å². The van der Waals surface area contributed by atoms with Gasteiger partial charge in [0.2, 0.25) is 0 Å². The first-order valence-electron chi connectivity index (χ1n) is 7.33. The Morgan fingerprint density at radius 2 is 1.80 bits per heavy atom. The van der Waals surface area contributed by atoms with Gasteiger partial charge in [-0.1, -0.05) is 32.0 Å². The number of likely N-dealkylation sites (tertiary alicyclic amines) is 1. The van der Waals surface area contributed by atoms with Crippen LogP contribution in [-0.2, 0) is 0 Å². The molecule has 2 N–H and O–H groups in total. The van der Waals surface area contributed by atoms with Crippen LogP contribution in [0.25, 0.3) is 0 Å². The monoisotopic (exact) mass is 282 g/mol. The molecule has 0 saturated carbocycles. The number of alkyl halides is 2. The Morgan fingerprint density at radius 3 is 2.35 bits per heavy atom. The van der Waals surface area contributed by atoms with Crippen LogP contribution in [0.4, 0.5) is 8.78 Å². The van der Waals surface area contributed by atoms with Gasteiger partial charge < -0.3 is 5.73 Å². The van der Waals surface area contributed by atoms with Crippen LogP contribution >= 0.6 is 0 Å². The Labute approximate surface area is 120 Å². The summed E-state index contributed by atoms with van der Waals surface area (Å²) in [4.78, 5) is 2.35. The average molecular weight is 282 g/mol. The summed E-state index contributed by atoms with van der Waals surface area (Å²) in [6, 6.07) is 6.73. The first kappa shape index (κ1) is 15.4. The fraction of sp³-hybridized carbons (Fsp3) is 0.625. The number of halogens is 2. The summed E-state index contributed by atoms with van der Waals surface area (Å²) in [6.07, 6.45) is -1.20. The average Bonchev–Trinajstić information content (AvgIpc) is 2.39. The first-order valence-corrected chi connectivity index (χ1v) is 7.33. The lowest BCUT2D eigenvalue weighted by Crippen LogP contribution is -2.43. The van der Waals surface area contributed by atoms with E-state index in [0.717, 1.165) is 18.7 Å². The van der Waals surface area contributed by atoms with Gasteiger partial charge >= 0.3 is 0 Å². The summed E-state index contributed by atoms with van der Waals surface area (Å²) in [6.45, 7) is 6.93. The second-order valence-electron chi connectivity index (χ2n) is 6.12. The number of hydrogen-bond donors (Lipinski definition) is 1. The second-order valence-corrected chi connectivity index (χ2v) is 6.12. The highest BCUT2D eigenvalue weighted by molar-refractivity contribution is 5.27. The first-order chi connectivity index (χ1) is 9.51. The number of nitrogens with zero attached hydrogens (tertiary/aromatic N) is 1. The van der Waals surface area contributed by atoms with Crippen LogP contribution in [0.2, 0.25) is 0 Å². The van der Waals surface area contributed by atoms with E-state index in [4.69, 9.17) is 5.73 Å². The van der Waals surface area contributed by atoms with Gasteiger partial charge in [0.25, 0.3) is 6.43 Å². The van der Waals surface area contributed by atoms with Gasteiger partial charge in [-0.15, -0.1) is 0 Å². The summed E-state index contributed by atoms with van der Waals surface area (Å²) in [5.41, 5.74) is 6.91. The molecule has 1 aliphatic rings. The molecule has 1 aromatic rings. The SMILES string of the molecule is CC1CC(C)CN(C(CN)c2cccc(C(F)F)c2)C1. The number of benzene rings is 1. The van der Waals surface area contributed by atoms with E-state index >= 15 is 0 Å². The van der Waals surface area contributed by atoms with Gasteiger partial charge in [-0.25, -0.2) is 8.78 Å². The quantitative estimate of drug-likeness (QED) is 0.914. The maximum absolute atomic E-state index is 12.8. The third-order valence-electron chi connectivity index (χ3n) is 4.11. The van der Waals surface area contributed by atoms with Crippen LogP contribution in [0.3, 0.4) is 0 Å². The smallest absolute Gasteiger partial charge is 0.263 e. The molecular weight excluding hydrogens is 258 g/mol. The van der Waals surface area contributed by atoms with Crippen molar-refractivity contribution < 1.29 is 8.78 Å². The van der Waals surface area contributed by atoms with E-state index in [9.17, 15) is 8.78 Å². The molecule has 0 bridgehead atoms. The van der Waals surface area contributed by atoms with Gasteiger partial charge in [0.15, 0.2) is 0 Å². The molecule has 1 heterocycles. The summed E-state index contributed by atoms with van der Waals surface area (Å²) in [5.74, 6) is 1.26. The van der Waals surface area contributed by atoms with Gasteiger partial charge in [0, 0.05) is 31.2 Å². The molecule has 1 aromatic carbocycles. The highest BCUT2D eigenvalue weighted by Gasteiger charge is 2.28. The fourth-order valence-corrected chi connectivity index (χ4v) is 3.36. The van der Waals surface area contributed by atoms with Crippen LogP contribution in [0, 0.1) is 11.8 Å². The third-order valence-corrected chi connectivity index (χ3v) is 4.11. The van der Waals surface area contributed by atoms with Gasteiger partial charge in [-0.3, -0.25) is 4.90 Å². The molecule has 112 valence electrons. The fourth-order valence-electron chi connectivity index (χ4n) is 3.36. The Kier molecular flexibility index (Phi) is 5.11. The highest BCUT2D eigenvalue weighted by Crippen LogP contribution is 2.30. The molecule has 0 amide bonds. The number of piperidine rings is 1. The zero-order valence-corrected chi connectivity index (χ0v) is 12.2. The number of nitrogens with two attached hydrogens (primary N) is 1. The van der Waals surface area contributed by atoms with Gasteiger partial charge in [0.05, 0.1) is 0 Å². The van der Waals surface area contributed by atoms with Crippen LogP contribution in [0.1, 0.15) is 43.9 Å². The summed E-state index contributed by atoms with van der Waals surface area (Å²) in [7, 11) is 0. The minimum Gasteiger partial charge on any atom is -0.329 e. The minimum atomic E-state index is -2.42. The normalized spacial score (nSPS) is 25.9. The van der Waals surface area contributed by atoms with Crippen molar-refractivity contribution in [2.75, 3.05) is 19.6 Å². The standard InChI is InChI=1S/C16H24F2N2/c1-11-6-12(2)10-20(9-11)15(8-19)13-4-3-5-14(7-13)16(17)18/h3-5,7,11-12,15-16H,6,8-10,19H2,1-2H3. The zero-order valence-electron chi connectivity index (χ0n) is 12.2. The predicted molar refractivity (Wildman–Crippen MR) is 77.7 cm³/mol. The van der Waals surface area contributed by atoms with E-state index in [1.54, 1.807) is 12.1 Å². The molecule has 0 aromatic heterocycles. The van der Waals surface area contributed by atoms with Crippen LogP contribution in [0.15, 0.2) is 24.3 Å². The van der Waals surface area contributed by atoms with E-state index in [1.807, 2.05) is 6.07 Å². The molecule has 2 nitrogen and oxygen atoms in total. The second kappa shape index (κ2) is 6.64. The van der Waals surface area contributed by atoms with E-state index < -0.39 is 6.43 Å². The largest absolute Gasteiger partial charge is 0.329 e. The van der Waals surface area contributed by atoms with Gasteiger partial charge in [-0.05, 0) is 29.9 Å². The molecule has 1 aliphatic heterocycles. The van der Waals surface area contributed by atoms with Gasteiger partial charge in [0.1, 0.15) is 0 Å². The van der Waals surface area contributed by atoms with Crippen molar-refractivity contribution in [3.05, 3.63) is 35.4 Å². The summed E-state index contributed by atoms with van der Waals surface area (Å²) in [5, 5.41) is 0. The Hall–Kier alpha value is -1.00. The molecular formula is C16H24F2N2. The lowest BCUT2D eigenvalue weighted by atomic mass is 9.89. The Balaban J connectivity index is 2.21. The topological polar surface area (TPSA) is 29.3 Å². The molecule has 2 rings (SSSR count). The van der Waals surface area contributed by atoms with Crippen molar-refractivity contribution in [3.63, 3.8) is 0 Å². The maximum Gasteiger partial charge on any atom is 0.263 e. The maximum atomic E-state index is 12.8. The number of hydrogen-bond acceptors (Lipinski definition) is 2. The molecule has 0 spiro atoms. The van der Waals surface area contributed by atoms with E-state index in [0.29, 0.717) is 18.4 Å². The van der Waals surface area contributed by atoms with Crippen LogP contribution in [-0.4, -0.2) is 24.5 Å². The number of rotatable bonds is 4. The van der Waals surface area contributed by atoms with Crippen molar-refractivity contribution in [3.8, 4) is 0 Å². The van der Waals surface area contributed by atoms with Gasteiger partial charge in [-0.2, -0.15) is 0 Å². The molecule has 20 heavy (non-hydrogen) atoms. The molecule has 3 atom stereocenters. The van der Waals surface area contributed by atoms with Crippen molar-refractivity contribution in [2.45, 2.75) is 32.7 Å². The Morgan fingerprint density at radius 1 is 1.20 bits per heavy atom. The van der Waals surface area contributed by atoms with Crippen molar-refractivity contribution in [1.29, 1.82) is 0 Å². The third kappa shape index (κ3) is 3.55. The molecule has 0 radical (unpaired) electrons. The summed E-state index contributed by atoms with van der Waals surface area (Å²) >= 11 is 0. The molecule has 1 fully saturated rings. The van der Waals surface area contributed by atoms with Crippen molar-refractivity contribution >= 4 is 0 Å². The Bertz CT molecular complexity index is 426. The molecule has 0 aliphatic carbocycles. The molecule has 3 unspecified atom stereocenters. The zero-order chi connectivity index (χ0) is 14.7. The van der Waals surface area contributed by atoms with Crippen LogP contribution in [0.5, 0.6) is 0 Å². The van der Waals surface area contributed by atoms with Crippen molar-refractivity contribution in [2.24, 2.45) is 17.6 Å². The predicted octanol–water partition coefficient (Wildman–Crippen LogP) is 3.60. The molecule has 1 saturated heterocycles. The van der Waals surface area contributed by atoms with E-state index in [1.165, 1.54) is 12.5 Å². The summed E-state index contributed by atoms with van der Waals surface area (Å²) < 4.78 is 25.7. The van der Waals surface area contributed by atoms with E-state index in [-0.39, 0.29) is 11.6 Å². The van der Waals surface area contributed by atoms with E-state index in [2.05, 4.69) is 18.7 Å². The molecule has 4 heteroatoms. The van der Waals surface area contributed by atoms with Crippen LogP contribution < -0.4 is 5.73 Å². The highest BCUT2D eigenvalue weighted by atomic mass is 19.3. The minimum absolute atomic E-state index is 0.0406.